The van der Waals surface area contributed by atoms with Crippen molar-refractivity contribution in [3.8, 4) is 11.5 Å². The summed E-state index contributed by atoms with van der Waals surface area (Å²) in [6.45, 7) is 1.93. The molecule has 4 heteroatoms. The average molecular weight is 225 g/mol. The van der Waals surface area contributed by atoms with Crippen LogP contribution in [0.5, 0.6) is 11.5 Å². The normalized spacial score (nSPS) is 12.3. The van der Waals surface area contributed by atoms with E-state index in [1.165, 1.54) is 0 Å². The van der Waals surface area contributed by atoms with E-state index in [0.717, 1.165) is 17.5 Å². The van der Waals surface area contributed by atoms with Gasteiger partial charge in [0.05, 0.1) is 26.9 Å². The number of aryl methyl sites for hydroxylation is 1. The first kappa shape index (κ1) is 12.8. The zero-order chi connectivity index (χ0) is 12.1. The topological polar surface area (TPSA) is 64.7 Å². The Hall–Kier alpha value is -1.26. The van der Waals surface area contributed by atoms with Crippen LogP contribution in [0.3, 0.4) is 0 Å². The standard InChI is InChI=1S/C12H19NO3/c1-4-8-5-9(10(13)7-14)12(16-3)11(6-8)15-2/h5-6,10,14H,4,7,13H2,1-3H3. The van der Waals surface area contributed by atoms with Gasteiger partial charge in [-0.1, -0.05) is 13.0 Å². The predicted octanol–water partition coefficient (Wildman–Crippen LogP) is 1.26. The Bertz CT molecular complexity index is 352. The van der Waals surface area contributed by atoms with Gasteiger partial charge < -0.3 is 20.3 Å². The molecule has 0 radical (unpaired) electrons. The molecule has 1 aromatic carbocycles. The van der Waals surface area contributed by atoms with Gasteiger partial charge in [-0.25, -0.2) is 0 Å². The molecule has 0 saturated carbocycles. The van der Waals surface area contributed by atoms with Gasteiger partial charge in [0.25, 0.3) is 0 Å². The van der Waals surface area contributed by atoms with Crippen LogP contribution in [0, 0.1) is 0 Å². The van der Waals surface area contributed by atoms with E-state index in [0.29, 0.717) is 11.5 Å². The van der Waals surface area contributed by atoms with Crippen molar-refractivity contribution in [1.29, 1.82) is 0 Å². The SMILES string of the molecule is CCc1cc(OC)c(OC)c(C(N)CO)c1. The molecule has 90 valence electrons. The highest BCUT2D eigenvalue weighted by Gasteiger charge is 2.16. The lowest BCUT2D eigenvalue weighted by atomic mass is 10.0. The van der Waals surface area contributed by atoms with E-state index in [-0.39, 0.29) is 6.61 Å². The summed E-state index contributed by atoms with van der Waals surface area (Å²) >= 11 is 0. The van der Waals surface area contributed by atoms with E-state index in [4.69, 9.17) is 20.3 Å². The second-order valence-corrected chi connectivity index (χ2v) is 3.56. The van der Waals surface area contributed by atoms with E-state index in [2.05, 4.69) is 6.92 Å². The molecule has 0 aromatic heterocycles. The number of ether oxygens (including phenoxy) is 2. The summed E-state index contributed by atoms with van der Waals surface area (Å²) in [6.07, 6.45) is 0.880. The van der Waals surface area contributed by atoms with Gasteiger partial charge >= 0.3 is 0 Å². The van der Waals surface area contributed by atoms with Gasteiger partial charge in [0.2, 0.25) is 0 Å². The number of aliphatic hydroxyl groups is 1. The molecule has 1 aromatic rings. The minimum absolute atomic E-state index is 0.118. The van der Waals surface area contributed by atoms with Crippen LogP contribution in [-0.4, -0.2) is 25.9 Å². The molecular weight excluding hydrogens is 206 g/mol. The minimum atomic E-state index is -0.449. The fourth-order valence-electron chi connectivity index (χ4n) is 1.63. The molecule has 0 heterocycles. The van der Waals surface area contributed by atoms with E-state index in [1.54, 1.807) is 14.2 Å². The van der Waals surface area contributed by atoms with Gasteiger partial charge in [-0.2, -0.15) is 0 Å². The Kier molecular flexibility index (Phi) is 4.58. The smallest absolute Gasteiger partial charge is 0.165 e. The van der Waals surface area contributed by atoms with Crippen molar-refractivity contribution >= 4 is 0 Å². The highest BCUT2D eigenvalue weighted by molar-refractivity contribution is 5.51. The predicted molar refractivity (Wildman–Crippen MR) is 62.9 cm³/mol. The lowest BCUT2D eigenvalue weighted by molar-refractivity contribution is 0.263. The summed E-state index contributed by atoms with van der Waals surface area (Å²) < 4.78 is 10.5. The molecule has 0 aliphatic rings. The Balaban J connectivity index is 3.30. The van der Waals surface area contributed by atoms with E-state index < -0.39 is 6.04 Å². The summed E-state index contributed by atoms with van der Waals surface area (Å²) in [5, 5.41) is 9.11. The summed E-state index contributed by atoms with van der Waals surface area (Å²) in [5.41, 5.74) is 7.72. The molecule has 0 saturated heterocycles. The first-order valence-electron chi connectivity index (χ1n) is 5.29. The van der Waals surface area contributed by atoms with Crippen molar-refractivity contribution in [3.05, 3.63) is 23.3 Å². The van der Waals surface area contributed by atoms with Crippen molar-refractivity contribution in [3.63, 3.8) is 0 Å². The zero-order valence-electron chi connectivity index (χ0n) is 9.99. The summed E-state index contributed by atoms with van der Waals surface area (Å²) in [6, 6.07) is 3.42. The van der Waals surface area contributed by atoms with Crippen molar-refractivity contribution in [1.82, 2.24) is 0 Å². The molecule has 0 aliphatic carbocycles. The number of hydrogen-bond donors (Lipinski definition) is 2. The van der Waals surface area contributed by atoms with Crippen molar-refractivity contribution in [2.75, 3.05) is 20.8 Å². The quantitative estimate of drug-likeness (QED) is 0.791. The van der Waals surface area contributed by atoms with E-state index >= 15 is 0 Å². The third-order valence-corrected chi connectivity index (χ3v) is 2.57. The highest BCUT2D eigenvalue weighted by Crippen LogP contribution is 2.35. The van der Waals surface area contributed by atoms with Gasteiger partial charge in [0.1, 0.15) is 0 Å². The van der Waals surface area contributed by atoms with Crippen LogP contribution in [0.15, 0.2) is 12.1 Å². The highest BCUT2D eigenvalue weighted by atomic mass is 16.5. The fraction of sp³-hybridized carbons (Fsp3) is 0.500. The molecule has 0 bridgehead atoms. The van der Waals surface area contributed by atoms with Crippen LogP contribution < -0.4 is 15.2 Å². The Morgan fingerprint density at radius 3 is 2.44 bits per heavy atom. The number of hydrogen-bond acceptors (Lipinski definition) is 4. The van der Waals surface area contributed by atoms with Gasteiger partial charge in [-0.05, 0) is 18.1 Å². The van der Waals surface area contributed by atoms with E-state index in [9.17, 15) is 0 Å². The molecule has 1 atom stereocenters. The van der Waals surface area contributed by atoms with Crippen LogP contribution in [0.1, 0.15) is 24.1 Å². The molecule has 4 nitrogen and oxygen atoms in total. The van der Waals surface area contributed by atoms with Crippen molar-refractivity contribution in [2.24, 2.45) is 5.73 Å². The molecule has 0 aliphatic heterocycles. The molecule has 0 fully saturated rings. The number of benzene rings is 1. The second kappa shape index (κ2) is 5.72. The molecule has 3 N–H and O–H groups in total. The third kappa shape index (κ3) is 2.46. The largest absolute Gasteiger partial charge is 0.493 e. The third-order valence-electron chi connectivity index (χ3n) is 2.57. The Morgan fingerprint density at radius 1 is 1.31 bits per heavy atom. The van der Waals surface area contributed by atoms with Crippen LogP contribution in [0.25, 0.3) is 0 Å². The zero-order valence-corrected chi connectivity index (χ0v) is 9.99. The van der Waals surface area contributed by atoms with Gasteiger partial charge in [-0.3, -0.25) is 0 Å². The van der Waals surface area contributed by atoms with Crippen LogP contribution in [0.4, 0.5) is 0 Å². The summed E-state index contributed by atoms with van der Waals surface area (Å²) in [5.74, 6) is 1.25. The maximum Gasteiger partial charge on any atom is 0.165 e. The van der Waals surface area contributed by atoms with Gasteiger partial charge in [0.15, 0.2) is 11.5 Å². The molecule has 16 heavy (non-hydrogen) atoms. The molecule has 0 amide bonds. The van der Waals surface area contributed by atoms with Crippen LogP contribution >= 0.6 is 0 Å². The fourth-order valence-corrected chi connectivity index (χ4v) is 1.63. The summed E-state index contributed by atoms with van der Waals surface area (Å²) in [4.78, 5) is 0. The number of aliphatic hydroxyl groups excluding tert-OH is 1. The van der Waals surface area contributed by atoms with E-state index in [1.807, 2.05) is 12.1 Å². The first-order chi connectivity index (χ1) is 7.67. The monoisotopic (exact) mass is 225 g/mol. The number of rotatable bonds is 5. The average Bonchev–Trinajstić information content (AvgIpc) is 2.35. The van der Waals surface area contributed by atoms with Crippen molar-refractivity contribution in [2.45, 2.75) is 19.4 Å². The van der Waals surface area contributed by atoms with Gasteiger partial charge in [-0.15, -0.1) is 0 Å². The second-order valence-electron chi connectivity index (χ2n) is 3.56. The maximum absolute atomic E-state index is 9.11. The molecule has 1 unspecified atom stereocenters. The molecule has 0 spiro atoms. The van der Waals surface area contributed by atoms with Crippen LogP contribution in [-0.2, 0) is 6.42 Å². The lowest BCUT2D eigenvalue weighted by Crippen LogP contribution is -2.16. The Labute approximate surface area is 96.0 Å². The summed E-state index contributed by atoms with van der Waals surface area (Å²) in [7, 11) is 3.16. The minimum Gasteiger partial charge on any atom is -0.493 e. The Morgan fingerprint density at radius 2 is 2.00 bits per heavy atom. The maximum atomic E-state index is 9.11. The van der Waals surface area contributed by atoms with Crippen molar-refractivity contribution < 1.29 is 14.6 Å². The van der Waals surface area contributed by atoms with Gasteiger partial charge in [0, 0.05) is 5.56 Å². The first-order valence-corrected chi connectivity index (χ1v) is 5.29. The molecular formula is C12H19NO3. The number of nitrogens with two attached hydrogens (primary N) is 1. The lowest BCUT2D eigenvalue weighted by Gasteiger charge is -2.17. The van der Waals surface area contributed by atoms with Crippen LogP contribution in [0.2, 0.25) is 0 Å². The molecule has 1 rings (SSSR count). The number of methoxy groups -OCH3 is 2.